The van der Waals surface area contributed by atoms with Crippen LogP contribution in [0.1, 0.15) is 26.7 Å². The van der Waals surface area contributed by atoms with E-state index in [-0.39, 0.29) is 0 Å². The van der Waals surface area contributed by atoms with E-state index in [1.807, 2.05) is 0 Å². The van der Waals surface area contributed by atoms with Gasteiger partial charge in [-0.15, -0.1) is 0 Å². The summed E-state index contributed by atoms with van der Waals surface area (Å²) in [6.45, 7) is 10.6. The summed E-state index contributed by atoms with van der Waals surface area (Å²) in [7, 11) is 0. The summed E-state index contributed by atoms with van der Waals surface area (Å²) in [5.74, 6) is 0.778. The summed E-state index contributed by atoms with van der Waals surface area (Å²) in [6, 6.07) is 0. The Morgan fingerprint density at radius 2 is 2.07 bits per heavy atom. The summed E-state index contributed by atoms with van der Waals surface area (Å²) in [6.07, 6.45) is 9.35. The lowest BCUT2D eigenvalue weighted by atomic mass is 9.56. The number of rotatable bonds is 3. The van der Waals surface area contributed by atoms with Gasteiger partial charge in [0.25, 0.3) is 0 Å². The Bertz CT molecular complexity index is 310. The fourth-order valence-corrected chi connectivity index (χ4v) is 2.77. The second-order valence-corrected chi connectivity index (χ2v) is 5.20. The van der Waals surface area contributed by atoms with Crippen molar-refractivity contribution >= 4 is 0 Å². The van der Waals surface area contributed by atoms with E-state index in [9.17, 15) is 0 Å². The Morgan fingerprint density at radius 1 is 1.40 bits per heavy atom. The maximum atomic E-state index is 3.97. The molecule has 1 saturated heterocycles. The van der Waals surface area contributed by atoms with Crippen LogP contribution in [0.15, 0.2) is 36.0 Å². The van der Waals surface area contributed by atoms with Crippen molar-refractivity contribution in [3.63, 3.8) is 0 Å². The smallest absolute Gasteiger partial charge is 0.00207 e. The molecule has 0 atom stereocenters. The maximum absolute atomic E-state index is 3.97. The summed E-state index contributed by atoms with van der Waals surface area (Å²) in [5, 5.41) is 3.38. The van der Waals surface area contributed by atoms with Crippen LogP contribution in [-0.4, -0.2) is 13.1 Å². The highest BCUT2D eigenvalue weighted by molar-refractivity contribution is 5.32. The molecule has 1 aliphatic carbocycles. The highest BCUT2D eigenvalue weighted by Crippen LogP contribution is 2.51. The summed E-state index contributed by atoms with van der Waals surface area (Å²) in [4.78, 5) is 0. The highest BCUT2D eigenvalue weighted by Gasteiger charge is 2.48. The van der Waals surface area contributed by atoms with Crippen LogP contribution >= 0.6 is 0 Å². The molecule has 1 N–H and O–H groups in total. The van der Waals surface area contributed by atoms with E-state index in [4.69, 9.17) is 0 Å². The Morgan fingerprint density at radius 3 is 2.47 bits per heavy atom. The zero-order valence-electron chi connectivity index (χ0n) is 9.84. The molecule has 1 aliphatic heterocycles. The third-order valence-corrected chi connectivity index (χ3v) is 3.60. The maximum Gasteiger partial charge on any atom is 0.00207 e. The van der Waals surface area contributed by atoms with Gasteiger partial charge < -0.3 is 5.32 Å². The second kappa shape index (κ2) is 3.97. The molecule has 0 aromatic carbocycles. The van der Waals surface area contributed by atoms with Gasteiger partial charge in [-0.3, -0.25) is 0 Å². The zero-order valence-corrected chi connectivity index (χ0v) is 9.84. The molecule has 0 bridgehead atoms. The van der Waals surface area contributed by atoms with Gasteiger partial charge in [-0.05, 0) is 43.6 Å². The predicted molar refractivity (Wildman–Crippen MR) is 65.7 cm³/mol. The fourth-order valence-electron chi connectivity index (χ4n) is 2.77. The molecule has 2 fully saturated rings. The molecule has 2 rings (SSSR count). The number of hydrogen-bond donors (Lipinski definition) is 1. The van der Waals surface area contributed by atoms with Crippen molar-refractivity contribution in [2.45, 2.75) is 26.7 Å². The average Bonchev–Trinajstić information content (AvgIpc) is 1.97. The van der Waals surface area contributed by atoms with Crippen LogP contribution in [-0.2, 0) is 0 Å². The Labute approximate surface area is 93.0 Å². The average molecular weight is 203 g/mol. The van der Waals surface area contributed by atoms with E-state index < -0.39 is 0 Å². The van der Waals surface area contributed by atoms with Gasteiger partial charge in [0.05, 0.1) is 0 Å². The molecular formula is C14H21N. The minimum absolute atomic E-state index is 0.667. The first kappa shape index (κ1) is 10.7. The SMILES string of the molecule is C=C(C)/C=C(\C=CC)C1CC2(CNC2)C1. The van der Waals surface area contributed by atoms with Gasteiger partial charge in [-0.1, -0.05) is 30.4 Å². The minimum atomic E-state index is 0.667. The van der Waals surface area contributed by atoms with Gasteiger partial charge in [0.15, 0.2) is 0 Å². The molecule has 1 nitrogen and oxygen atoms in total. The van der Waals surface area contributed by atoms with Crippen molar-refractivity contribution in [3.8, 4) is 0 Å². The number of allylic oxidation sites excluding steroid dienone is 5. The van der Waals surface area contributed by atoms with E-state index in [0.717, 1.165) is 11.5 Å². The van der Waals surface area contributed by atoms with Crippen LogP contribution < -0.4 is 5.32 Å². The monoisotopic (exact) mass is 203 g/mol. The van der Waals surface area contributed by atoms with Gasteiger partial charge in [0.2, 0.25) is 0 Å². The molecule has 1 heteroatoms. The molecule has 0 radical (unpaired) electrons. The van der Waals surface area contributed by atoms with Gasteiger partial charge in [-0.25, -0.2) is 0 Å². The predicted octanol–water partition coefficient (Wildman–Crippen LogP) is 3.06. The molecule has 82 valence electrons. The molecule has 1 spiro atoms. The van der Waals surface area contributed by atoms with Crippen molar-refractivity contribution in [1.29, 1.82) is 0 Å². The van der Waals surface area contributed by atoms with E-state index in [1.54, 1.807) is 0 Å². The lowest BCUT2D eigenvalue weighted by molar-refractivity contribution is 0.0188. The molecule has 1 heterocycles. The lowest BCUT2D eigenvalue weighted by Gasteiger charge is -2.55. The van der Waals surface area contributed by atoms with Crippen molar-refractivity contribution < 1.29 is 0 Å². The quantitative estimate of drug-likeness (QED) is 0.695. The Balaban J connectivity index is 1.99. The molecule has 1 saturated carbocycles. The third-order valence-electron chi connectivity index (χ3n) is 3.60. The van der Waals surface area contributed by atoms with Crippen LogP contribution in [0.5, 0.6) is 0 Å². The number of hydrogen-bond acceptors (Lipinski definition) is 1. The van der Waals surface area contributed by atoms with Gasteiger partial charge in [-0.2, -0.15) is 0 Å². The molecular weight excluding hydrogens is 182 g/mol. The zero-order chi connectivity index (χ0) is 10.9. The summed E-state index contributed by atoms with van der Waals surface area (Å²) < 4.78 is 0. The topological polar surface area (TPSA) is 12.0 Å². The van der Waals surface area contributed by atoms with Crippen molar-refractivity contribution in [2.75, 3.05) is 13.1 Å². The van der Waals surface area contributed by atoms with E-state index in [2.05, 4.69) is 44.0 Å². The van der Waals surface area contributed by atoms with E-state index >= 15 is 0 Å². The summed E-state index contributed by atoms with van der Waals surface area (Å²) >= 11 is 0. The molecule has 2 aliphatic rings. The van der Waals surface area contributed by atoms with E-state index in [0.29, 0.717) is 5.41 Å². The first-order valence-electron chi connectivity index (χ1n) is 5.86. The first-order valence-corrected chi connectivity index (χ1v) is 5.86. The highest BCUT2D eigenvalue weighted by atomic mass is 15.0. The third kappa shape index (κ3) is 2.07. The molecule has 0 aromatic rings. The molecule has 0 unspecified atom stereocenters. The Kier molecular flexibility index (Phi) is 2.83. The summed E-state index contributed by atoms with van der Waals surface area (Å²) in [5.41, 5.74) is 3.30. The van der Waals surface area contributed by atoms with Crippen molar-refractivity contribution in [2.24, 2.45) is 11.3 Å². The minimum Gasteiger partial charge on any atom is -0.316 e. The molecule has 0 amide bonds. The van der Waals surface area contributed by atoms with Crippen LogP contribution in [0.2, 0.25) is 0 Å². The van der Waals surface area contributed by atoms with Gasteiger partial charge in [0.1, 0.15) is 0 Å². The first-order chi connectivity index (χ1) is 7.15. The normalized spacial score (nSPS) is 25.3. The number of nitrogens with one attached hydrogen (secondary N) is 1. The lowest BCUT2D eigenvalue weighted by Crippen LogP contribution is -2.60. The molecule has 15 heavy (non-hydrogen) atoms. The van der Waals surface area contributed by atoms with Crippen LogP contribution in [0, 0.1) is 11.3 Å². The standard InChI is InChI=1S/C14H21N/c1-4-5-12(6-11(2)3)13-7-14(8-13)9-15-10-14/h4-6,13,15H,2,7-10H2,1,3H3/b5-4?,12-6+. The van der Waals surface area contributed by atoms with Crippen LogP contribution in [0.3, 0.4) is 0 Å². The molecule has 0 aromatic heterocycles. The van der Waals surface area contributed by atoms with E-state index in [1.165, 1.54) is 31.5 Å². The second-order valence-electron chi connectivity index (χ2n) is 5.20. The van der Waals surface area contributed by atoms with Crippen molar-refractivity contribution in [3.05, 3.63) is 36.0 Å². The van der Waals surface area contributed by atoms with Crippen LogP contribution in [0.4, 0.5) is 0 Å². The van der Waals surface area contributed by atoms with Crippen LogP contribution in [0.25, 0.3) is 0 Å². The largest absolute Gasteiger partial charge is 0.316 e. The Hall–Kier alpha value is -0.820. The van der Waals surface area contributed by atoms with Gasteiger partial charge in [0, 0.05) is 13.1 Å². The van der Waals surface area contributed by atoms with Crippen molar-refractivity contribution in [1.82, 2.24) is 5.32 Å². The van der Waals surface area contributed by atoms with Gasteiger partial charge >= 0.3 is 0 Å². The fraction of sp³-hybridized carbons (Fsp3) is 0.571.